The zero-order valence-electron chi connectivity index (χ0n) is 9.02. The number of hydrogen-bond acceptors (Lipinski definition) is 5. The number of aromatic nitrogens is 2. The second-order valence-corrected chi connectivity index (χ2v) is 4.12. The average molecular weight is 210 g/mol. The van der Waals surface area contributed by atoms with E-state index < -0.39 is 5.60 Å². The van der Waals surface area contributed by atoms with E-state index in [1.54, 1.807) is 20.8 Å². The topological polar surface area (TPSA) is 72.3 Å². The monoisotopic (exact) mass is 210 g/mol. The van der Waals surface area contributed by atoms with Gasteiger partial charge in [-0.15, -0.1) is 0 Å². The van der Waals surface area contributed by atoms with Crippen molar-refractivity contribution < 1.29 is 14.6 Å². The molecule has 0 atom stereocenters. The number of carbonyl (C=O) groups excluding carboxylic acids is 1. The van der Waals surface area contributed by atoms with E-state index in [1.807, 2.05) is 0 Å². The van der Waals surface area contributed by atoms with Gasteiger partial charge < -0.3 is 9.84 Å². The summed E-state index contributed by atoms with van der Waals surface area (Å²) < 4.78 is 5.09. The Labute approximate surface area is 88.1 Å². The van der Waals surface area contributed by atoms with Crippen LogP contribution in [0, 0.1) is 0 Å². The lowest BCUT2D eigenvalue weighted by atomic mass is 10.2. The Morgan fingerprint density at radius 1 is 1.40 bits per heavy atom. The lowest BCUT2D eigenvalue weighted by molar-refractivity contribution is -0.154. The maximum atomic E-state index is 11.3. The molecule has 0 saturated carbocycles. The molecule has 0 aliphatic heterocycles. The van der Waals surface area contributed by atoms with Crippen molar-refractivity contribution in [2.45, 2.75) is 32.8 Å². The highest BCUT2D eigenvalue weighted by Crippen LogP contribution is 2.09. The summed E-state index contributed by atoms with van der Waals surface area (Å²) in [6.45, 7) is 5.38. The molecular formula is C10H14N2O3. The normalized spacial score (nSPS) is 11.1. The largest absolute Gasteiger partial charge is 0.505 e. The van der Waals surface area contributed by atoms with Gasteiger partial charge in [0.2, 0.25) is 0 Å². The highest BCUT2D eigenvalue weighted by atomic mass is 16.6. The van der Waals surface area contributed by atoms with Gasteiger partial charge in [-0.1, -0.05) is 0 Å². The van der Waals surface area contributed by atoms with Crippen LogP contribution in [0.25, 0.3) is 0 Å². The van der Waals surface area contributed by atoms with Gasteiger partial charge in [-0.3, -0.25) is 4.79 Å². The van der Waals surface area contributed by atoms with Crippen molar-refractivity contribution in [3.63, 3.8) is 0 Å². The Bertz CT molecular complexity index is 341. The molecule has 15 heavy (non-hydrogen) atoms. The molecule has 0 fully saturated rings. The van der Waals surface area contributed by atoms with E-state index in [2.05, 4.69) is 9.97 Å². The Balaban J connectivity index is 2.55. The summed E-state index contributed by atoms with van der Waals surface area (Å²) in [6.07, 6.45) is 2.50. The molecule has 0 unspecified atom stereocenters. The molecule has 0 spiro atoms. The van der Waals surface area contributed by atoms with Gasteiger partial charge in [0.15, 0.2) is 5.75 Å². The molecule has 5 heteroatoms. The first-order chi connectivity index (χ1) is 6.87. The van der Waals surface area contributed by atoms with Crippen molar-refractivity contribution in [1.29, 1.82) is 0 Å². The van der Waals surface area contributed by atoms with Gasteiger partial charge in [-0.05, 0) is 20.8 Å². The van der Waals surface area contributed by atoms with Gasteiger partial charge in [0.1, 0.15) is 17.8 Å². The Hall–Kier alpha value is -1.65. The Morgan fingerprint density at radius 3 is 2.40 bits per heavy atom. The van der Waals surface area contributed by atoms with E-state index >= 15 is 0 Å². The van der Waals surface area contributed by atoms with Crippen molar-refractivity contribution in [3.05, 3.63) is 18.2 Å². The lowest BCUT2D eigenvalue weighted by Crippen LogP contribution is -2.25. The summed E-state index contributed by atoms with van der Waals surface area (Å²) in [6, 6.07) is 0. The highest BCUT2D eigenvalue weighted by molar-refractivity contribution is 5.71. The maximum Gasteiger partial charge on any atom is 0.314 e. The van der Waals surface area contributed by atoms with Crippen LogP contribution in [0.15, 0.2) is 12.4 Å². The van der Waals surface area contributed by atoms with E-state index in [1.165, 1.54) is 12.4 Å². The molecule has 0 radical (unpaired) electrons. The maximum absolute atomic E-state index is 11.3. The fourth-order valence-electron chi connectivity index (χ4n) is 0.946. The van der Waals surface area contributed by atoms with E-state index in [-0.39, 0.29) is 18.1 Å². The molecule has 0 aliphatic rings. The van der Waals surface area contributed by atoms with Gasteiger partial charge in [-0.2, -0.15) is 0 Å². The fourth-order valence-corrected chi connectivity index (χ4v) is 0.946. The number of aromatic hydroxyl groups is 1. The summed E-state index contributed by atoms with van der Waals surface area (Å²) in [5, 5.41) is 8.94. The van der Waals surface area contributed by atoms with Crippen LogP contribution in [-0.4, -0.2) is 26.6 Å². The Kier molecular flexibility index (Phi) is 3.24. The molecule has 82 valence electrons. The molecule has 1 aromatic rings. The minimum Gasteiger partial charge on any atom is -0.505 e. The third-order valence-corrected chi connectivity index (χ3v) is 1.41. The second kappa shape index (κ2) is 4.25. The standard InChI is InChI=1S/C10H14N2O3/c1-10(2,3)15-9(14)4-8-11-5-7(13)6-12-8/h5-6,13H,4H2,1-3H3. The van der Waals surface area contributed by atoms with Crippen LogP contribution in [0.4, 0.5) is 0 Å². The molecule has 0 aliphatic carbocycles. The van der Waals surface area contributed by atoms with E-state index in [0.29, 0.717) is 5.82 Å². The average Bonchev–Trinajstić information content (AvgIpc) is 2.05. The minimum atomic E-state index is -0.506. The molecule has 1 rings (SSSR count). The highest BCUT2D eigenvalue weighted by Gasteiger charge is 2.17. The number of hydrogen-bond donors (Lipinski definition) is 1. The smallest absolute Gasteiger partial charge is 0.314 e. The van der Waals surface area contributed by atoms with Crippen LogP contribution in [0.2, 0.25) is 0 Å². The minimum absolute atomic E-state index is 0.0115. The van der Waals surface area contributed by atoms with Crippen LogP contribution in [-0.2, 0) is 16.0 Å². The van der Waals surface area contributed by atoms with Crippen LogP contribution < -0.4 is 0 Å². The summed E-state index contributed by atoms with van der Waals surface area (Å²) in [7, 11) is 0. The Morgan fingerprint density at radius 2 is 1.93 bits per heavy atom. The first kappa shape index (κ1) is 11.4. The van der Waals surface area contributed by atoms with Crippen molar-refractivity contribution in [2.75, 3.05) is 0 Å². The van der Waals surface area contributed by atoms with Crippen LogP contribution in [0.3, 0.4) is 0 Å². The van der Waals surface area contributed by atoms with Crippen molar-refractivity contribution in [2.24, 2.45) is 0 Å². The lowest BCUT2D eigenvalue weighted by Gasteiger charge is -2.19. The van der Waals surface area contributed by atoms with Crippen LogP contribution >= 0.6 is 0 Å². The van der Waals surface area contributed by atoms with Crippen molar-refractivity contribution >= 4 is 5.97 Å². The number of esters is 1. The van der Waals surface area contributed by atoms with Crippen LogP contribution in [0.5, 0.6) is 5.75 Å². The van der Waals surface area contributed by atoms with Crippen molar-refractivity contribution in [1.82, 2.24) is 9.97 Å². The van der Waals surface area contributed by atoms with Gasteiger partial charge in [0, 0.05) is 0 Å². The molecule has 1 N–H and O–H groups in total. The zero-order valence-corrected chi connectivity index (χ0v) is 9.02. The van der Waals surface area contributed by atoms with Gasteiger partial charge in [-0.25, -0.2) is 9.97 Å². The molecule has 0 amide bonds. The predicted molar refractivity (Wildman–Crippen MR) is 53.2 cm³/mol. The number of carbonyl (C=O) groups is 1. The predicted octanol–water partition coefficient (Wildman–Crippen LogP) is 1.07. The molecule has 0 bridgehead atoms. The quantitative estimate of drug-likeness (QED) is 0.739. The third kappa shape index (κ3) is 4.39. The van der Waals surface area contributed by atoms with E-state index in [9.17, 15) is 4.79 Å². The SMILES string of the molecule is CC(C)(C)OC(=O)Cc1ncc(O)cn1. The number of rotatable bonds is 2. The fraction of sp³-hybridized carbons (Fsp3) is 0.500. The molecule has 0 aromatic carbocycles. The summed E-state index contributed by atoms with van der Waals surface area (Å²) >= 11 is 0. The van der Waals surface area contributed by atoms with Gasteiger partial charge in [0.25, 0.3) is 0 Å². The second-order valence-electron chi connectivity index (χ2n) is 4.12. The summed E-state index contributed by atoms with van der Waals surface area (Å²) in [5.41, 5.74) is -0.506. The van der Waals surface area contributed by atoms with E-state index in [4.69, 9.17) is 9.84 Å². The third-order valence-electron chi connectivity index (χ3n) is 1.41. The van der Waals surface area contributed by atoms with Crippen LogP contribution in [0.1, 0.15) is 26.6 Å². The first-order valence-corrected chi connectivity index (χ1v) is 4.58. The molecule has 0 saturated heterocycles. The molecule has 5 nitrogen and oxygen atoms in total. The molecular weight excluding hydrogens is 196 g/mol. The van der Waals surface area contributed by atoms with E-state index in [0.717, 1.165) is 0 Å². The first-order valence-electron chi connectivity index (χ1n) is 4.58. The summed E-state index contributed by atoms with van der Waals surface area (Å²) in [4.78, 5) is 18.9. The van der Waals surface area contributed by atoms with Gasteiger partial charge in [0.05, 0.1) is 12.4 Å². The summed E-state index contributed by atoms with van der Waals surface area (Å²) in [5.74, 6) is -0.0711. The molecule has 1 aromatic heterocycles. The zero-order chi connectivity index (χ0) is 11.5. The van der Waals surface area contributed by atoms with Crippen molar-refractivity contribution in [3.8, 4) is 5.75 Å². The molecule has 1 heterocycles. The van der Waals surface area contributed by atoms with Gasteiger partial charge >= 0.3 is 5.97 Å². The number of nitrogens with zero attached hydrogens (tertiary/aromatic N) is 2. The number of ether oxygens (including phenoxy) is 1.